The van der Waals surface area contributed by atoms with Crippen LogP contribution in [0, 0.1) is 20.8 Å². The molecule has 0 aliphatic rings. The Labute approximate surface area is 123 Å². The second-order valence-corrected chi connectivity index (χ2v) is 6.59. The van der Waals surface area contributed by atoms with Crippen LogP contribution in [0.4, 0.5) is 0 Å². The maximum Gasteiger partial charge on any atom is 0.374 e. The van der Waals surface area contributed by atoms with Gasteiger partial charge in [0.05, 0.1) is 6.26 Å². The highest BCUT2D eigenvalue weighted by atomic mass is 32.2. The van der Waals surface area contributed by atoms with Crippen LogP contribution in [0.15, 0.2) is 18.2 Å². The van der Waals surface area contributed by atoms with Crippen LogP contribution in [0.1, 0.15) is 27.3 Å². The van der Waals surface area contributed by atoms with Crippen LogP contribution in [-0.4, -0.2) is 30.6 Å². The van der Waals surface area contributed by atoms with Crippen LogP contribution in [0.25, 0.3) is 11.4 Å². The zero-order chi connectivity index (χ0) is 15.8. The fourth-order valence-electron chi connectivity index (χ4n) is 2.08. The molecule has 1 aromatic carbocycles. The molecular weight excluding hydrogens is 292 g/mol. The summed E-state index contributed by atoms with van der Waals surface area (Å²) in [7, 11) is -3.86. The van der Waals surface area contributed by atoms with Gasteiger partial charge in [-0.1, -0.05) is 17.2 Å². The van der Waals surface area contributed by atoms with E-state index in [1.165, 1.54) is 0 Å². The summed E-state index contributed by atoms with van der Waals surface area (Å²) in [4.78, 5) is 18.9. The summed E-state index contributed by atoms with van der Waals surface area (Å²) in [5.41, 5.74) is 3.39. The van der Waals surface area contributed by atoms with E-state index < -0.39 is 16.1 Å². The van der Waals surface area contributed by atoms with Crippen molar-refractivity contribution in [1.29, 1.82) is 0 Å². The molecule has 7 heteroatoms. The SMILES string of the molecule is Cc1cc(C)cc(-c2nc(C(=O)OS(C)(=O)=O)c(C)[nH]2)c1. The molecule has 0 saturated heterocycles. The number of carbonyl (C=O) groups excluding carboxylic acids is 1. The van der Waals surface area contributed by atoms with Crippen molar-refractivity contribution in [2.24, 2.45) is 0 Å². The van der Waals surface area contributed by atoms with E-state index in [1.807, 2.05) is 32.0 Å². The van der Waals surface area contributed by atoms with Crippen LogP contribution < -0.4 is 0 Å². The topological polar surface area (TPSA) is 89.1 Å². The van der Waals surface area contributed by atoms with E-state index in [1.54, 1.807) is 6.92 Å². The number of aromatic nitrogens is 2. The minimum atomic E-state index is -3.86. The third-order valence-electron chi connectivity index (χ3n) is 2.80. The molecule has 112 valence electrons. The molecule has 0 amide bonds. The highest BCUT2D eigenvalue weighted by Crippen LogP contribution is 2.21. The number of benzene rings is 1. The second-order valence-electron chi connectivity index (χ2n) is 5.01. The van der Waals surface area contributed by atoms with E-state index in [4.69, 9.17) is 0 Å². The summed E-state index contributed by atoms with van der Waals surface area (Å²) in [6, 6.07) is 5.88. The minimum Gasteiger partial charge on any atom is -0.341 e. The number of hydrogen-bond acceptors (Lipinski definition) is 5. The average molecular weight is 308 g/mol. The maximum absolute atomic E-state index is 11.8. The van der Waals surface area contributed by atoms with Gasteiger partial charge < -0.3 is 9.17 Å². The Morgan fingerprint density at radius 2 is 1.71 bits per heavy atom. The number of rotatable bonds is 3. The molecule has 0 spiro atoms. The van der Waals surface area contributed by atoms with Crippen molar-refractivity contribution in [2.45, 2.75) is 20.8 Å². The Balaban J connectivity index is 2.41. The van der Waals surface area contributed by atoms with E-state index in [0.717, 1.165) is 22.9 Å². The standard InChI is InChI=1S/C14H16N2O4S/c1-8-5-9(2)7-11(6-8)13-15-10(3)12(16-13)14(17)20-21(4,18)19/h5-7H,1-4H3,(H,15,16). The van der Waals surface area contributed by atoms with Gasteiger partial charge in [0.2, 0.25) is 0 Å². The molecule has 2 aromatic rings. The van der Waals surface area contributed by atoms with Crippen LogP contribution in [0.3, 0.4) is 0 Å². The average Bonchev–Trinajstić information content (AvgIpc) is 2.68. The third-order valence-corrected chi connectivity index (χ3v) is 3.25. The molecule has 0 aliphatic heterocycles. The van der Waals surface area contributed by atoms with Crippen molar-refractivity contribution in [3.8, 4) is 11.4 Å². The molecule has 2 rings (SSSR count). The van der Waals surface area contributed by atoms with Gasteiger partial charge in [-0.25, -0.2) is 9.78 Å². The van der Waals surface area contributed by atoms with Gasteiger partial charge in [0.25, 0.3) is 0 Å². The number of imidazole rings is 1. The summed E-state index contributed by atoms with van der Waals surface area (Å²) >= 11 is 0. The lowest BCUT2D eigenvalue weighted by Crippen LogP contribution is -2.12. The predicted octanol–water partition coefficient (Wildman–Crippen LogP) is 2.12. The Morgan fingerprint density at radius 3 is 2.24 bits per heavy atom. The number of carbonyl (C=O) groups is 1. The van der Waals surface area contributed by atoms with Crippen LogP contribution in [0.2, 0.25) is 0 Å². The first-order valence-electron chi connectivity index (χ1n) is 6.25. The Kier molecular flexibility index (Phi) is 3.87. The van der Waals surface area contributed by atoms with E-state index in [2.05, 4.69) is 14.2 Å². The number of nitrogens with zero attached hydrogens (tertiary/aromatic N) is 1. The Hall–Kier alpha value is -2.15. The smallest absolute Gasteiger partial charge is 0.341 e. The normalized spacial score (nSPS) is 11.4. The number of H-pyrrole nitrogens is 1. The van der Waals surface area contributed by atoms with Crippen molar-refractivity contribution in [1.82, 2.24) is 9.97 Å². The van der Waals surface area contributed by atoms with Crippen molar-refractivity contribution in [3.05, 3.63) is 40.7 Å². The molecule has 0 fully saturated rings. The van der Waals surface area contributed by atoms with E-state index in [-0.39, 0.29) is 5.69 Å². The number of aryl methyl sites for hydroxylation is 3. The fourth-order valence-corrected chi connectivity index (χ4v) is 2.44. The quantitative estimate of drug-likeness (QED) is 0.877. The first-order chi connectivity index (χ1) is 9.65. The first-order valence-corrected chi connectivity index (χ1v) is 8.06. The molecule has 1 heterocycles. The van der Waals surface area contributed by atoms with Gasteiger partial charge in [0.15, 0.2) is 5.69 Å². The van der Waals surface area contributed by atoms with Crippen molar-refractivity contribution in [3.63, 3.8) is 0 Å². The summed E-state index contributed by atoms with van der Waals surface area (Å²) < 4.78 is 26.4. The van der Waals surface area contributed by atoms with Crippen molar-refractivity contribution in [2.75, 3.05) is 6.26 Å². The van der Waals surface area contributed by atoms with Gasteiger partial charge in [-0.15, -0.1) is 0 Å². The highest BCUT2D eigenvalue weighted by molar-refractivity contribution is 7.86. The summed E-state index contributed by atoms with van der Waals surface area (Å²) in [5, 5.41) is 0. The van der Waals surface area contributed by atoms with Crippen molar-refractivity contribution < 1.29 is 17.4 Å². The van der Waals surface area contributed by atoms with Crippen LogP contribution >= 0.6 is 0 Å². The number of nitrogens with one attached hydrogen (secondary N) is 1. The molecule has 0 aliphatic carbocycles. The fraction of sp³-hybridized carbons (Fsp3) is 0.286. The monoisotopic (exact) mass is 308 g/mol. The largest absolute Gasteiger partial charge is 0.374 e. The molecule has 0 atom stereocenters. The molecular formula is C14H16N2O4S. The van der Waals surface area contributed by atoms with Gasteiger partial charge in [0.1, 0.15) is 5.82 Å². The lowest BCUT2D eigenvalue weighted by molar-refractivity contribution is 0.0742. The molecule has 0 bridgehead atoms. The Bertz CT molecular complexity index is 786. The minimum absolute atomic E-state index is 0.0328. The lowest BCUT2D eigenvalue weighted by Gasteiger charge is -2.01. The van der Waals surface area contributed by atoms with E-state index >= 15 is 0 Å². The Morgan fingerprint density at radius 1 is 1.14 bits per heavy atom. The first kappa shape index (κ1) is 15.2. The number of hydrogen-bond donors (Lipinski definition) is 1. The van der Waals surface area contributed by atoms with Gasteiger partial charge in [-0.3, -0.25) is 0 Å². The predicted molar refractivity (Wildman–Crippen MR) is 78.5 cm³/mol. The molecule has 21 heavy (non-hydrogen) atoms. The molecule has 1 N–H and O–H groups in total. The summed E-state index contributed by atoms with van der Waals surface area (Å²) in [6.07, 6.45) is 0.817. The van der Waals surface area contributed by atoms with Gasteiger partial charge in [0, 0.05) is 11.3 Å². The summed E-state index contributed by atoms with van der Waals surface area (Å²) in [5.74, 6) is -0.485. The molecule has 6 nitrogen and oxygen atoms in total. The van der Waals surface area contributed by atoms with Gasteiger partial charge in [-0.2, -0.15) is 8.42 Å². The highest BCUT2D eigenvalue weighted by Gasteiger charge is 2.20. The zero-order valence-electron chi connectivity index (χ0n) is 12.2. The lowest BCUT2D eigenvalue weighted by atomic mass is 10.1. The van der Waals surface area contributed by atoms with Crippen LogP contribution in [-0.2, 0) is 14.3 Å². The maximum atomic E-state index is 11.8. The van der Waals surface area contributed by atoms with E-state index in [9.17, 15) is 13.2 Å². The van der Waals surface area contributed by atoms with Gasteiger partial charge in [-0.05, 0) is 32.9 Å². The molecule has 0 saturated carbocycles. The van der Waals surface area contributed by atoms with Crippen LogP contribution in [0.5, 0.6) is 0 Å². The van der Waals surface area contributed by atoms with Crippen molar-refractivity contribution >= 4 is 16.1 Å². The molecule has 0 radical (unpaired) electrons. The van der Waals surface area contributed by atoms with Gasteiger partial charge >= 0.3 is 16.1 Å². The zero-order valence-corrected chi connectivity index (χ0v) is 13.0. The third kappa shape index (κ3) is 3.69. The van der Waals surface area contributed by atoms with E-state index in [0.29, 0.717) is 11.5 Å². The summed E-state index contributed by atoms with van der Waals surface area (Å²) in [6.45, 7) is 5.56. The number of aromatic amines is 1. The molecule has 1 aromatic heterocycles. The second kappa shape index (κ2) is 5.33. The molecule has 0 unspecified atom stereocenters.